The van der Waals surface area contributed by atoms with Gasteiger partial charge in [-0.2, -0.15) is 0 Å². The molecular weight excluding hydrogens is 921 g/mol. The fourth-order valence-corrected chi connectivity index (χ4v) is 9.57. The molecule has 0 saturated carbocycles. The quantitative estimate of drug-likeness (QED) is 0.0612. The van der Waals surface area contributed by atoms with Gasteiger partial charge in [0.05, 0.1) is 71.7 Å². The zero-order valence-corrected chi connectivity index (χ0v) is 40.9. The van der Waals surface area contributed by atoms with E-state index in [1.807, 2.05) is 200 Å². The summed E-state index contributed by atoms with van der Waals surface area (Å²) in [5.41, 5.74) is 6.96. The highest BCUT2D eigenvalue weighted by Gasteiger charge is 2.54. The summed E-state index contributed by atoms with van der Waals surface area (Å²) >= 11 is 0. The molecule has 7 aromatic rings. The van der Waals surface area contributed by atoms with Crippen molar-refractivity contribution in [2.24, 2.45) is 5.92 Å². The lowest BCUT2D eigenvalue weighted by atomic mass is 9.89. The molecule has 3 heterocycles. The van der Waals surface area contributed by atoms with Gasteiger partial charge in [-0.1, -0.05) is 212 Å². The average molecular weight is 985 g/mol. The minimum atomic E-state index is -0.942. The van der Waals surface area contributed by atoms with Crippen LogP contribution in [0.5, 0.6) is 0 Å². The van der Waals surface area contributed by atoms with Crippen LogP contribution in [0.2, 0.25) is 0 Å². The lowest BCUT2D eigenvalue weighted by Gasteiger charge is -2.50. The number of rotatable bonds is 23. The van der Waals surface area contributed by atoms with E-state index in [0.717, 1.165) is 38.9 Å². The first kappa shape index (κ1) is 50.6. The van der Waals surface area contributed by atoms with E-state index >= 15 is 0 Å². The molecule has 3 aliphatic heterocycles. The molecule has 3 saturated heterocycles. The minimum absolute atomic E-state index is 0.0996. The highest BCUT2D eigenvalue weighted by molar-refractivity contribution is 5.20. The van der Waals surface area contributed by atoms with Crippen LogP contribution in [0, 0.1) is 5.92 Å². The van der Waals surface area contributed by atoms with E-state index in [4.69, 9.17) is 52.1 Å². The lowest BCUT2D eigenvalue weighted by molar-refractivity contribution is -0.377. The molecule has 10 rings (SSSR count). The molecule has 11 atom stereocenters. The maximum absolute atomic E-state index is 7.17. The molecule has 0 spiro atoms. The van der Waals surface area contributed by atoms with Gasteiger partial charge in [-0.05, 0) is 33.4 Å². The maximum Gasteiger partial charge on any atom is 0.187 e. The van der Waals surface area contributed by atoms with Gasteiger partial charge in [0.25, 0.3) is 0 Å². The summed E-state index contributed by atoms with van der Waals surface area (Å²) < 4.78 is 75.8. The zero-order valence-electron chi connectivity index (χ0n) is 40.9. The van der Waals surface area contributed by atoms with Crippen LogP contribution < -0.4 is 0 Å². The number of hydrogen-bond donors (Lipinski definition) is 0. The molecule has 378 valence electrons. The van der Waals surface area contributed by atoms with Crippen molar-refractivity contribution in [1.29, 1.82) is 0 Å². The third kappa shape index (κ3) is 14.0. The first-order chi connectivity index (χ1) is 36.2. The summed E-state index contributed by atoms with van der Waals surface area (Å²) in [4.78, 5) is 0. The fourth-order valence-electron chi connectivity index (χ4n) is 9.57. The summed E-state index contributed by atoms with van der Waals surface area (Å²) in [6.45, 7) is 2.39. The van der Waals surface area contributed by atoms with E-state index in [1.54, 1.807) is 0 Å². The van der Waals surface area contributed by atoms with Crippen molar-refractivity contribution in [2.75, 3.05) is 19.8 Å². The summed E-state index contributed by atoms with van der Waals surface area (Å²) in [6, 6.07) is 70.5. The maximum atomic E-state index is 7.17. The van der Waals surface area contributed by atoms with Gasteiger partial charge in [0.2, 0.25) is 0 Å². The monoisotopic (exact) mass is 984 g/mol. The van der Waals surface area contributed by atoms with Gasteiger partial charge in [-0.3, -0.25) is 0 Å². The third-order valence-corrected chi connectivity index (χ3v) is 13.4. The van der Waals surface area contributed by atoms with Crippen LogP contribution >= 0.6 is 0 Å². The van der Waals surface area contributed by atoms with E-state index in [1.165, 1.54) is 0 Å². The normalized spacial score (nSPS) is 25.9. The summed E-state index contributed by atoms with van der Waals surface area (Å²) in [7, 11) is 0. The van der Waals surface area contributed by atoms with Crippen molar-refractivity contribution >= 4 is 0 Å². The molecule has 0 bridgehead atoms. The Balaban J connectivity index is 0.988. The topological polar surface area (TPSA) is 102 Å². The second kappa shape index (κ2) is 26.4. The van der Waals surface area contributed by atoms with Gasteiger partial charge in [-0.15, -0.1) is 0 Å². The number of ether oxygens (including phenoxy) is 11. The van der Waals surface area contributed by atoms with Crippen molar-refractivity contribution in [2.45, 2.75) is 101 Å². The molecule has 11 heteroatoms. The molecule has 3 fully saturated rings. The number of hydrogen-bond acceptors (Lipinski definition) is 11. The van der Waals surface area contributed by atoms with E-state index < -0.39 is 67.5 Å². The van der Waals surface area contributed by atoms with Crippen LogP contribution in [0.15, 0.2) is 212 Å². The molecule has 11 nitrogen and oxygen atoms in total. The molecule has 73 heavy (non-hydrogen) atoms. The van der Waals surface area contributed by atoms with E-state index in [-0.39, 0.29) is 26.4 Å². The van der Waals surface area contributed by atoms with Crippen LogP contribution in [-0.4, -0.2) is 75.1 Å². The highest BCUT2D eigenvalue weighted by atomic mass is 16.8. The van der Waals surface area contributed by atoms with E-state index in [0.29, 0.717) is 33.0 Å². The Labute approximate surface area is 428 Å². The molecule has 0 amide bonds. The highest BCUT2D eigenvalue weighted by Crippen LogP contribution is 2.39. The van der Waals surface area contributed by atoms with E-state index in [2.05, 4.69) is 12.1 Å². The van der Waals surface area contributed by atoms with Gasteiger partial charge in [-0.25, -0.2) is 0 Å². The van der Waals surface area contributed by atoms with Gasteiger partial charge in [0.1, 0.15) is 30.5 Å². The first-order valence-electron chi connectivity index (χ1n) is 25.3. The predicted octanol–water partition coefficient (Wildman–Crippen LogP) is 11.0. The fraction of sp³-hybridized carbons (Fsp3) is 0.323. The Hall–Kier alpha value is -5.90. The number of benzene rings is 7. The molecule has 3 aliphatic rings. The lowest BCUT2D eigenvalue weighted by Crippen LogP contribution is -2.64. The smallest absolute Gasteiger partial charge is 0.187 e. The Morgan fingerprint density at radius 1 is 0.342 bits per heavy atom. The van der Waals surface area contributed by atoms with Gasteiger partial charge >= 0.3 is 0 Å². The van der Waals surface area contributed by atoms with Crippen molar-refractivity contribution in [1.82, 2.24) is 0 Å². The van der Waals surface area contributed by atoms with Crippen LogP contribution in [0.3, 0.4) is 0 Å². The molecular formula is C62H64O11. The molecule has 0 aromatic heterocycles. The average Bonchev–Trinajstić information content (AvgIpc) is 3.46. The molecule has 0 aliphatic carbocycles. The van der Waals surface area contributed by atoms with Gasteiger partial charge in [0, 0.05) is 11.5 Å². The van der Waals surface area contributed by atoms with Gasteiger partial charge < -0.3 is 52.1 Å². The van der Waals surface area contributed by atoms with Crippen LogP contribution in [0.1, 0.15) is 45.2 Å². The van der Waals surface area contributed by atoms with Crippen LogP contribution in [-0.2, 0) is 91.7 Å². The van der Waals surface area contributed by atoms with Crippen molar-refractivity contribution in [3.63, 3.8) is 0 Å². The van der Waals surface area contributed by atoms with Crippen molar-refractivity contribution in [3.8, 4) is 0 Å². The number of fused-ring (bicyclic) bond motifs is 1. The second-order valence-corrected chi connectivity index (χ2v) is 18.6. The summed E-state index contributed by atoms with van der Waals surface area (Å²) in [5.74, 6) is -0.474. The first-order valence-corrected chi connectivity index (χ1v) is 25.3. The largest absolute Gasteiger partial charge is 0.374 e. The van der Waals surface area contributed by atoms with E-state index in [9.17, 15) is 0 Å². The zero-order chi connectivity index (χ0) is 49.3. The van der Waals surface area contributed by atoms with Crippen molar-refractivity contribution in [3.05, 3.63) is 251 Å². The van der Waals surface area contributed by atoms with Crippen LogP contribution in [0.4, 0.5) is 0 Å². The SMILES string of the molecule is c1ccc(COCC2OC(OCc3ccccc3)C(OCc3ccccc3)C(OCc3ccccc3)C2COC2OC3COC(c4ccccc4)OC3C(OCc3ccccc3)C2OCc2ccccc2)cc1. The summed E-state index contributed by atoms with van der Waals surface area (Å²) in [5, 5.41) is 0. The standard InChI is InChI=1S/C62H64O11/c1-8-22-45(23-9-1)36-63-43-53-52(55(64-37-46-24-10-2-11-25-46)58(66-39-48-28-14-4-15-29-48)61(71-53)68-41-50-32-18-6-19-33-50)42-69-62-59(67-40-49-30-16-5-17-31-49)57(65-38-47-26-12-3-13-27-47)56-54(72-62)44-70-60(73-56)51-34-20-7-21-35-51/h1-35,52-62H,36-44H2. The molecule has 0 N–H and O–H groups in total. The Bertz CT molecular complexity index is 2620. The Kier molecular flexibility index (Phi) is 18.3. The Morgan fingerprint density at radius 2 is 0.726 bits per heavy atom. The van der Waals surface area contributed by atoms with Gasteiger partial charge in [0.15, 0.2) is 18.9 Å². The molecule has 0 radical (unpaired) electrons. The minimum Gasteiger partial charge on any atom is -0.374 e. The predicted molar refractivity (Wildman–Crippen MR) is 274 cm³/mol. The third-order valence-electron chi connectivity index (χ3n) is 13.4. The Morgan fingerprint density at radius 3 is 1.21 bits per heavy atom. The molecule has 11 unspecified atom stereocenters. The second-order valence-electron chi connectivity index (χ2n) is 18.6. The summed E-state index contributed by atoms with van der Waals surface area (Å²) in [6.07, 6.45) is -6.85. The van der Waals surface area contributed by atoms with Crippen molar-refractivity contribution < 1.29 is 52.1 Å². The van der Waals surface area contributed by atoms with Crippen LogP contribution in [0.25, 0.3) is 0 Å². The molecule has 7 aromatic carbocycles.